The van der Waals surface area contributed by atoms with Gasteiger partial charge < -0.3 is 4.55 Å². The summed E-state index contributed by atoms with van der Waals surface area (Å²) in [5.41, 5.74) is 0. The summed E-state index contributed by atoms with van der Waals surface area (Å²) in [6, 6.07) is 0. The molecule has 13 heavy (non-hydrogen) atoms. The highest BCUT2D eigenvalue weighted by atomic mass is 32.2. The zero-order valence-electron chi connectivity index (χ0n) is 8.50. The molecule has 2 fully saturated rings. The van der Waals surface area contributed by atoms with E-state index >= 15 is 0 Å². The van der Waals surface area contributed by atoms with Gasteiger partial charge in [-0.05, 0) is 36.9 Å². The van der Waals surface area contributed by atoms with Gasteiger partial charge in [-0.25, -0.2) is 0 Å². The lowest BCUT2D eigenvalue weighted by Crippen LogP contribution is -2.24. The maximum absolute atomic E-state index is 12.0. The van der Waals surface area contributed by atoms with Crippen LogP contribution in [-0.4, -0.2) is 15.1 Å². The zero-order chi connectivity index (χ0) is 9.26. The van der Waals surface area contributed by atoms with Crippen LogP contribution in [0.3, 0.4) is 0 Å². The van der Waals surface area contributed by atoms with Crippen LogP contribution in [0.25, 0.3) is 0 Å². The van der Waals surface area contributed by atoms with Crippen LogP contribution in [-0.2, 0) is 11.2 Å². The van der Waals surface area contributed by atoms with E-state index in [9.17, 15) is 4.55 Å². The molecule has 2 rings (SSSR count). The Morgan fingerprint density at radius 1 is 1.23 bits per heavy atom. The summed E-state index contributed by atoms with van der Waals surface area (Å²) in [4.78, 5) is 0. The number of fused-ring (bicyclic) bond motifs is 1. The molecule has 0 aromatic heterocycles. The topological polar surface area (TPSA) is 23.1 Å². The average molecular weight is 200 g/mol. The zero-order valence-corrected chi connectivity index (χ0v) is 9.31. The summed E-state index contributed by atoms with van der Waals surface area (Å²) in [6.45, 7) is 2.19. The van der Waals surface area contributed by atoms with Crippen LogP contribution in [0.1, 0.15) is 51.9 Å². The van der Waals surface area contributed by atoms with Crippen molar-refractivity contribution in [3.63, 3.8) is 0 Å². The molecule has 1 saturated heterocycles. The van der Waals surface area contributed by atoms with Gasteiger partial charge in [0.25, 0.3) is 0 Å². The van der Waals surface area contributed by atoms with Crippen LogP contribution in [0.15, 0.2) is 0 Å². The highest BCUT2D eigenvalue weighted by Crippen LogP contribution is 2.41. The Bertz CT molecular complexity index is 171. The molecule has 1 nitrogen and oxygen atoms in total. The molecule has 2 heteroatoms. The Morgan fingerprint density at radius 3 is 2.77 bits per heavy atom. The van der Waals surface area contributed by atoms with Crippen molar-refractivity contribution in [3.8, 4) is 0 Å². The summed E-state index contributed by atoms with van der Waals surface area (Å²) in [5, 5.41) is 1.11. The third kappa shape index (κ3) is 1.89. The smallest absolute Gasteiger partial charge is 0.118 e. The van der Waals surface area contributed by atoms with Gasteiger partial charge >= 0.3 is 0 Å². The Kier molecular flexibility index (Phi) is 3.20. The molecule has 0 amide bonds. The van der Waals surface area contributed by atoms with Gasteiger partial charge in [-0.3, -0.25) is 0 Å². The molecule has 1 unspecified atom stereocenters. The maximum atomic E-state index is 12.0. The van der Waals surface area contributed by atoms with Gasteiger partial charge in [-0.15, -0.1) is 0 Å². The summed E-state index contributed by atoms with van der Waals surface area (Å²) in [7, 11) is 0. The van der Waals surface area contributed by atoms with E-state index in [1.165, 1.54) is 38.5 Å². The van der Waals surface area contributed by atoms with Gasteiger partial charge in [0.15, 0.2) is 0 Å². The van der Waals surface area contributed by atoms with Crippen LogP contribution < -0.4 is 0 Å². The predicted molar refractivity (Wildman–Crippen MR) is 57.2 cm³/mol. The molecule has 0 radical (unpaired) electrons. The minimum Gasteiger partial charge on any atom is -0.616 e. The first-order valence-corrected chi connectivity index (χ1v) is 7.00. The Hall–Kier alpha value is 0.310. The number of hydrogen-bond acceptors (Lipinski definition) is 1. The third-order valence-electron chi connectivity index (χ3n) is 3.74. The molecule has 0 aromatic rings. The first-order chi connectivity index (χ1) is 6.33. The second-order valence-electron chi connectivity index (χ2n) is 4.53. The normalized spacial score (nSPS) is 45.7. The number of rotatable bonds is 1. The lowest BCUT2D eigenvalue weighted by molar-refractivity contribution is 0.455. The monoisotopic (exact) mass is 200 g/mol. The highest BCUT2D eigenvalue weighted by Gasteiger charge is 2.45. The molecule has 0 N–H and O–H groups in total. The van der Waals surface area contributed by atoms with E-state index in [0.717, 1.165) is 12.3 Å². The Morgan fingerprint density at radius 2 is 2.00 bits per heavy atom. The second-order valence-corrected chi connectivity index (χ2v) is 6.46. The van der Waals surface area contributed by atoms with Gasteiger partial charge in [-0.1, -0.05) is 19.8 Å². The van der Waals surface area contributed by atoms with E-state index in [2.05, 4.69) is 6.92 Å². The summed E-state index contributed by atoms with van der Waals surface area (Å²) in [5.74, 6) is 0.813. The fourth-order valence-corrected chi connectivity index (χ4v) is 5.22. The van der Waals surface area contributed by atoms with E-state index in [-0.39, 0.29) is 0 Å². The standard InChI is InChI=1S/C11H20OS/c1-2-10-8-9-6-4-3-5-7-11(9)13(10)12/h9-11H,2-8H2,1H3/t9-,10?,11+,13+/m0/s1. The molecule has 1 aliphatic heterocycles. The number of hydrogen-bond donors (Lipinski definition) is 0. The first-order valence-electron chi connectivity index (χ1n) is 5.72. The van der Waals surface area contributed by atoms with Crippen LogP contribution in [0.5, 0.6) is 0 Å². The second kappa shape index (κ2) is 4.22. The molecular weight excluding hydrogens is 180 g/mol. The molecule has 0 bridgehead atoms. The lowest BCUT2D eigenvalue weighted by Gasteiger charge is -2.19. The van der Waals surface area contributed by atoms with Crippen LogP contribution in [0.4, 0.5) is 0 Å². The van der Waals surface area contributed by atoms with Crippen molar-refractivity contribution in [2.75, 3.05) is 0 Å². The van der Waals surface area contributed by atoms with Gasteiger partial charge in [0.1, 0.15) is 10.5 Å². The van der Waals surface area contributed by atoms with E-state index in [0.29, 0.717) is 10.5 Å². The molecular formula is C11H20OS. The maximum Gasteiger partial charge on any atom is 0.118 e. The molecule has 1 heterocycles. The van der Waals surface area contributed by atoms with E-state index in [4.69, 9.17) is 0 Å². The minimum atomic E-state index is -0.488. The van der Waals surface area contributed by atoms with Gasteiger partial charge in [-0.2, -0.15) is 0 Å². The van der Waals surface area contributed by atoms with Crippen LogP contribution in [0, 0.1) is 5.92 Å². The molecule has 0 aromatic carbocycles. The Balaban J connectivity index is 2.02. The largest absolute Gasteiger partial charge is 0.616 e. The van der Waals surface area contributed by atoms with Crippen molar-refractivity contribution in [1.29, 1.82) is 0 Å². The lowest BCUT2D eigenvalue weighted by atomic mass is 9.94. The summed E-state index contributed by atoms with van der Waals surface area (Å²) >= 11 is -0.488. The molecule has 1 saturated carbocycles. The Labute approximate surface area is 84.5 Å². The molecule has 2 aliphatic rings. The van der Waals surface area contributed by atoms with Crippen molar-refractivity contribution < 1.29 is 4.55 Å². The van der Waals surface area contributed by atoms with Crippen molar-refractivity contribution in [1.82, 2.24) is 0 Å². The van der Waals surface area contributed by atoms with Gasteiger partial charge in [0.2, 0.25) is 0 Å². The van der Waals surface area contributed by atoms with Gasteiger partial charge in [0, 0.05) is 12.3 Å². The van der Waals surface area contributed by atoms with Crippen molar-refractivity contribution in [3.05, 3.63) is 0 Å². The van der Waals surface area contributed by atoms with Crippen molar-refractivity contribution >= 4 is 11.2 Å². The van der Waals surface area contributed by atoms with E-state index in [1.807, 2.05) is 0 Å². The van der Waals surface area contributed by atoms with Crippen molar-refractivity contribution in [2.45, 2.75) is 62.4 Å². The van der Waals surface area contributed by atoms with E-state index in [1.54, 1.807) is 0 Å². The predicted octanol–water partition coefficient (Wildman–Crippen LogP) is 2.87. The molecule has 1 aliphatic carbocycles. The SMILES string of the molecule is CCC1C[C@@H]2CCCCC[C@H]2[S@+]1[O-]. The van der Waals surface area contributed by atoms with Gasteiger partial charge in [0.05, 0.1) is 0 Å². The van der Waals surface area contributed by atoms with E-state index < -0.39 is 11.2 Å². The quantitative estimate of drug-likeness (QED) is 0.597. The molecule has 76 valence electrons. The van der Waals surface area contributed by atoms with Crippen molar-refractivity contribution in [2.24, 2.45) is 5.92 Å². The minimum absolute atomic E-state index is 0.488. The highest BCUT2D eigenvalue weighted by molar-refractivity contribution is 7.92. The molecule has 0 spiro atoms. The first kappa shape index (κ1) is 9.85. The molecule has 4 atom stereocenters. The fourth-order valence-electron chi connectivity index (χ4n) is 2.94. The fraction of sp³-hybridized carbons (Fsp3) is 1.00. The van der Waals surface area contributed by atoms with Crippen LogP contribution >= 0.6 is 0 Å². The third-order valence-corrected chi connectivity index (χ3v) is 6.14. The summed E-state index contributed by atoms with van der Waals surface area (Å²) in [6.07, 6.45) is 9.06. The van der Waals surface area contributed by atoms with Crippen LogP contribution in [0.2, 0.25) is 0 Å². The summed E-state index contributed by atoms with van der Waals surface area (Å²) < 4.78 is 12.0. The average Bonchev–Trinajstić information content (AvgIpc) is 2.37.